The van der Waals surface area contributed by atoms with Crippen LogP contribution in [-0.2, 0) is 5.60 Å². The molecule has 0 aromatic carbocycles. The number of nitrogens with zero attached hydrogens (tertiary/aromatic N) is 1. The van der Waals surface area contributed by atoms with Gasteiger partial charge in [0, 0.05) is 11.8 Å². The van der Waals surface area contributed by atoms with Gasteiger partial charge in [-0.05, 0) is 35.8 Å². The first-order chi connectivity index (χ1) is 5.02. The Balaban J connectivity index is 3.14. The van der Waals surface area contributed by atoms with Crippen molar-refractivity contribution in [2.24, 2.45) is 0 Å². The van der Waals surface area contributed by atoms with Gasteiger partial charge in [0.15, 0.2) is 0 Å². The van der Waals surface area contributed by atoms with E-state index in [1.165, 1.54) is 0 Å². The minimum Gasteiger partial charge on any atom is -0.386 e. The minimum absolute atomic E-state index is 0.701. The molecule has 0 aliphatic heterocycles. The number of hydrogen-bond acceptors (Lipinski definition) is 2. The largest absolute Gasteiger partial charge is 0.386 e. The summed E-state index contributed by atoms with van der Waals surface area (Å²) in [4.78, 5) is 4.00. The lowest BCUT2D eigenvalue weighted by Crippen LogP contribution is -2.16. The van der Waals surface area contributed by atoms with Gasteiger partial charge in [0.1, 0.15) is 4.60 Å². The molecule has 0 bridgehead atoms. The molecule has 1 aromatic rings. The Morgan fingerprint density at radius 2 is 2.18 bits per heavy atom. The van der Waals surface area contributed by atoms with Crippen molar-refractivity contribution in [3.63, 3.8) is 0 Å². The van der Waals surface area contributed by atoms with E-state index < -0.39 is 5.60 Å². The molecule has 11 heavy (non-hydrogen) atoms. The van der Waals surface area contributed by atoms with Crippen LogP contribution in [-0.4, -0.2) is 10.1 Å². The van der Waals surface area contributed by atoms with Gasteiger partial charge in [-0.3, -0.25) is 0 Å². The topological polar surface area (TPSA) is 33.1 Å². The third kappa shape index (κ3) is 2.01. The Morgan fingerprint density at radius 1 is 1.55 bits per heavy atom. The Bertz CT molecular complexity index is 255. The first-order valence-electron chi connectivity index (χ1n) is 3.35. The zero-order valence-electron chi connectivity index (χ0n) is 6.50. The predicted octanol–water partition coefficient (Wildman–Crippen LogP) is 2.07. The summed E-state index contributed by atoms with van der Waals surface area (Å²) in [6, 6.07) is 3.65. The van der Waals surface area contributed by atoms with E-state index >= 15 is 0 Å². The molecule has 0 spiro atoms. The highest BCUT2D eigenvalue weighted by Gasteiger charge is 2.18. The van der Waals surface area contributed by atoms with Gasteiger partial charge in [-0.15, -0.1) is 0 Å². The highest BCUT2D eigenvalue weighted by atomic mass is 79.9. The highest BCUT2D eigenvalue weighted by Crippen LogP contribution is 2.25. The first kappa shape index (κ1) is 8.68. The van der Waals surface area contributed by atoms with Crippen LogP contribution >= 0.6 is 15.9 Å². The number of pyridine rings is 1. The van der Waals surface area contributed by atoms with Crippen molar-refractivity contribution in [3.8, 4) is 0 Å². The second-order valence-electron chi connectivity index (χ2n) is 2.90. The molecule has 0 aliphatic rings. The van der Waals surface area contributed by atoms with Gasteiger partial charge in [-0.1, -0.05) is 6.07 Å². The van der Waals surface area contributed by atoms with Crippen molar-refractivity contribution in [1.29, 1.82) is 0 Å². The van der Waals surface area contributed by atoms with Crippen molar-refractivity contribution in [3.05, 3.63) is 28.5 Å². The maximum absolute atomic E-state index is 9.60. The van der Waals surface area contributed by atoms with Crippen LogP contribution in [0, 0.1) is 0 Å². The quantitative estimate of drug-likeness (QED) is 0.729. The van der Waals surface area contributed by atoms with Crippen LogP contribution in [0.2, 0.25) is 0 Å². The summed E-state index contributed by atoms with van der Waals surface area (Å²) in [5.74, 6) is 0. The van der Waals surface area contributed by atoms with E-state index in [0.29, 0.717) is 4.60 Å². The summed E-state index contributed by atoms with van der Waals surface area (Å²) in [5, 5.41) is 9.60. The van der Waals surface area contributed by atoms with E-state index in [4.69, 9.17) is 0 Å². The molecule has 0 radical (unpaired) electrons. The highest BCUT2D eigenvalue weighted by molar-refractivity contribution is 9.10. The average Bonchev–Trinajstić information content (AvgIpc) is 1.86. The molecule has 2 nitrogen and oxygen atoms in total. The van der Waals surface area contributed by atoms with Crippen molar-refractivity contribution in [1.82, 2.24) is 4.98 Å². The van der Waals surface area contributed by atoms with Crippen LogP contribution in [0.5, 0.6) is 0 Å². The van der Waals surface area contributed by atoms with Gasteiger partial charge in [-0.25, -0.2) is 4.98 Å². The molecule has 0 aliphatic carbocycles. The van der Waals surface area contributed by atoms with E-state index in [-0.39, 0.29) is 0 Å². The van der Waals surface area contributed by atoms with Gasteiger partial charge < -0.3 is 5.11 Å². The summed E-state index contributed by atoms with van der Waals surface area (Å²) in [6.45, 7) is 3.46. The number of aromatic nitrogens is 1. The fourth-order valence-corrected chi connectivity index (χ4v) is 1.58. The third-order valence-corrected chi connectivity index (χ3v) is 2.05. The van der Waals surface area contributed by atoms with Crippen molar-refractivity contribution >= 4 is 15.9 Å². The molecule has 0 atom stereocenters. The SMILES string of the molecule is CC(C)(O)c1cccnc1Br. The van der Waals surface area contributed by atoms with Crippen LogP contribution in [0.4, 0.5) is 0 Å². The van der Waals surface area contributed by atoms with Gasteiger partial charge in [0.05, 0.1) is 5.60 Å². The van der Waals surface area contributed by atoms with E-state index in [1.807, 2.05) is 6.07 Å². The lowest BCUT2D eigenvalue weighted by atomic mass is 10.0. The maximum atomic E-state index is 9.60. The summed E-state index contributed by atoms with van der Waals surface area (Å²) in [7, 11) is 0. The Kier molecular flexibility index (Phi) is 2.30. The maximum Gasteiger partial charge on any atom is 0.112 e. The van der Waals surface area contributed by atoms with Crippen LogP contribution in [0.3, 0.4) is 0 Å². The Labute approximate surface area is 74.4 Å². The monoisotopic (exact) mass is 215 g/mol. The molecule has 1 N–H and O–H groups in total. The van der Waals surface area contributed by atoms with E-state index in [0.717, 1.165) is 5.56 Å². The van der Waals surface area contributed by atoms with Gasteiger partial charge in [0.25, 0.3) is 0 Å². The van der Waals surface area contributed by atoms with Crippen molar-refractivity contribution in [2.45, 2.75) is 19.4 Å². The molecule has 0 unspecified atom stereocenters. The normalized spacial score (nSPS) is 11.6. The van der Waals surface area contributed by atoms with Gasteiger partial charge >= 0.3 is 0 Å². The van der Waals surface area contributed by atoms with Crippen LogP contribution in [0.25, 0.3) is 0 Å². The number of halogens is 1. The molecule has 0 amide bonds. The van der Waals surface area contributed by atoms with Crippen LogP contribution < -0.4 is 0 Å². The summed E-state index contributed by atoms with van der Waals surface area (Å²) < 4.78 is 0.701. The lowest BCUT2D eigenvalue weighted by Gasteiger charge is -2.17. The molecular weight excluding hydrogens is 206 g/mol. The molecule has 0 saturated heterocycles. The smallest absolute Gasteiger partial charge is 0.112 e. The fraction of sp³-hybridized carbons (Fsp3) is 0.375. The van der Waals surface area contributed by atoms with Crippen molar-refractivity contribution in [2.75, 3.05) is 0 Å². The third-order valence-electron chi connectivity index (χ3n) is 1.42. The zero-order chi connectivity index (χ0) is 8.48. The Hall–Kier alpha value is -0.410. The second-order valence-corrected chi connectivity index (χ2v) is 3.65. The molecule has 60 valence electrons. The summed E-state index contributed by atoms with van der Waals surface area (Å²) >= 11 is 3.26. The summed E-state index contributed by atoms with van der Waals surface area (Å²) in [6.07, 6.45) is 1.68. The van der Waals surface area contributed by atoms with E-state index in [9.17, 15) is 5.11 Å². The van der Waals surface area contributed by atoms with E-state index in [2.05, 4.69) is 20.9 Å². The second kappa shape index (κ2) is 2.91. The molecule has 3 heteroatoms. The number of rotatable bonds is 1. The molecule has 0 fully saturated rings. The fourth-order valence-electron chi connectivity index (χ4n) is 0.842. The average molecular weight is 216 g/mol. The lowest BCUT2D eigenvalue weighted by molar-refractivity contribution is 0.0774. The molecular formula is C8H10BrNO. The van der Waals surface area contributed by atoms with Gasteiger partial charge in [0.2, 0.25) is 0 Å². The first-order valence-corrected chi connectivity index (χ1v) is 4.14. The molecule has 1 rings (SSSR count). The predicted molar refractivity (Wildman–Crippen MR) is 47.2 cm³/mol. The van der Waals surface area contributed by atoms with Gasteiger partial charge in [-0.2, -0.15) is 0 Å². The molecule has 1 heterocycles. The van der Waals surface area contributed by atoms with Crippen molar-refractivity contribution < 1.29 is 5.11 Å². The standard InChI is InChI=1S/C8H10BrNO/c1-8(2,11)6-4-3-5-10-7(6)9/h3-5,11H,1-2H3. The number of aliphatic hydroxyl groups is 1. The van der Waals surface area contributed by atoms with Crippen LogP contribution in [0.1, 0.15) is 19.4 Å². The number of hydrogen-bond donors (Lipinski definition) is 1. The zero-order valence-corrected chi connectivity index (χ0v) is 8.09. The minimum atomic E-state index is -0.826. The van der Waals surface area contributed by atoms with Crippen LogP contribution in [0.15, 0.2) is 22.9 Å². The molecule has 0 saturated carbocycles. The Morgan fingerprint density at radius 3 is 2.55 bits per heavy atom. The molecule has 1 aromatic heterocycles. The summed E-state index contributed by atoms with van der Waals surface area (Å²) in [5.41, 5.74) is -0.0207. The van der Waals surface area contributed by atoms with E-state index in [1.54, 1.807) is 26.1 Å².